The van der Waals surface area contributed by atoms with Crippen LogP contribution >= 0.6 is 11.8 Å². The predicted octanol–water partition coefficient (Wildman–Crippen LogP) is 2.36. The number of rotatable bonds is 4. The Balaban J connectivity index is 1.54. The molecule has 0 saturated carbocycles. The molecule has 0 amide bonds. The average Bonchev–Trinajstić information content (AvgIpc) is 2.67. The van der Waals surface area contributed by atoms with Crippen LogP contribution in [0.5, 0.6) is 5.88 Å². The van der Waals surface area contributed by atoms with Gasteiger partial charge in [0.2, 0.25) is 5.88 Å². The molecule has 0 aliphatic carbocycles. The van der Waals surface area contributed by atoms with Crippen molar-refractivity contribution in [2.45, 2.75) is 18.1 Å². The number of hydrogen-bond acceptors (Lipinski definition) is 7. The summed E-state index contributed by atoms with van der Waals surface area (Å²) in [4.78, 5) is 12.7. The minimum atomic E-state index is -0.774. The summed E-state index contributed by atoms with van der Waals surface area (Å²) in [5.74, 6) is 1.07. The van der Waals surface area contributed by atoms with Gasteiger partial charge < -0.3 is 15.2 Å². The van der Waals surface area contributed by atoms with Crippen LogP contribution in [0.2, 0.25) is 0 Å². The van der Waals surface area contributed by atoms with Crippen LogP contribution in [0.15, 0.2) is 47.8 Å². The first kappa shape index (κ1) is 17.2. The third-order valence-corrected chi connectivity index (χ3v) is 5.76. The monoisotopic (exact) mass is 374 g/mol. The van der Waals surface area contributed by atoms with Gasteiger partial charge in [0.05, 0.1) is 18.9 Å². The van der Waals surface area contributed by atoms with Crippen molar-refractivity contribution < 1.29 is 13.9 Å². The van der Waals surface area contributed by atoms with Crippen LogP contribution in [0, 0.1) is 11.7 Å². The topological polar surface area (TPSA) is 82.6 Å². The van der Waals surface area contributed by atoms with E-state index in [0.717, 1.165) is 5.75 Å². The van der Waals surface area contributed by atoms with Crippen molar-refractivity contribution in [1.82, 2.24) is 9.97 Å². The van der Waals surface area contributed by atoms with E-state index in [-0.39, 0.29) is 24.4 Å². The molecule has 0 radical (unpaired) electrons. The minimum absolute atomic E-state index is 0.112. The first-order chi connectivity index (χ1) is 12.7. The first-order valence-corrected chi connectivity index (χ1v) is 9.39. The molecule has 0 bridgehead atoms. The maximum Gasteiger partial charge on any atom is 0.232 e. The molecule has 2 aliphatic heterocycles. The second kappa shape index (κ2) is 7.20. The fourth-order valence-electron chi connectivity index (χ4n) is 3.51. The van der Waals surface area contributed by atoms with Crippen molar-refractivity contribution in [2.24, 2.45) is 16.6 Å². The molecule has 1 aromatic carbocycles. The smallest absolute Gasteiger partial charge is 0.232 e. The van der Waals surface area contributed by atoms with E-state index in [1.54, 1.807) is 30.7 Å². The molecule has 0 unspecified atom stereocenters. The number of amidine groups is 1. The maximum atomic E-state index is 14.5. The zero-order valence-electron chi connectivity index (χ0n) is 14.0. The Bertz CT molecular complexity index is 807. The van der Waals surface area contributed by atoms with E-state index in [1.807, 2.05) is 6.07 Å². The molecular weight excluding hydrogens is 355 g/mol. The van der Waals surface area contributed by atoms with Gasteiger partial charge in [-0.2, -0.15) is 0 Å². The normalized spacial score (nSPS) is 28.1. The number of nitrogens with two attached hydrogens (primary N) is 1. The molecule has 2 N–H and O–H groups in total. The number of ether oxygens (including phenoxy) is 2. The quantitative estimate of drug-likeness (QED) is 0.885. The zero-order chi connectivity index (χ0) is 18.0. The van der Waals surface area contributed by atoms with Crippen LogP contribution in [0.25, 0.3) is 0 Å². The number of halogens is 1. The van der Waals surface area contributed by atoms with Crippen molar-refractivity contribution in [3.05, 3.63) is 54.2 Å². The maximum absolute atomic E-state index is 14.5. The number of fused-ring (bicyclic) bond motifs is 1. The second-order valence-electron chi connectivity index (χ2n) is 6.39. The van der Waals surface area contributed by atoms with Crippen LogP contribution < -0.4 is 10.5 Å². The predicted molar refractivity (Wildman–Crippen MR) is 97.5 cm³/mol. The molecule has 136 valence electrons. The van der Waals surface area contributed by atoms with Gasteiger partial charge in [-0.3, -0.25) is 4.98 Å². The van der Waals surface area contributed by atoms with E-state index >= 15 is 0 Å². The lowest BCUT2D eigenvalue weighted by Crippen LogP contribution is -2.51. The minimum Gasteiger partial charge on any atom is -0.474 e. The van der Waals surface area contributed by atoms with E-state index in [1.165, 1.54) is 17.8 Å². The first-order valence-electron chi connectivity index (χ1n) is 8.41. The molecule has 1 aromatic heterocycles. The van der Waals surface area contributed by atoms with Crippen molar-refractivity contribution in [2.75, 3.05) is 19.0 Å². The summed E-state index contributed by atoms with van der Waals surface area (Å²) in [6.07, 6.45) is 5.33. The van der Waals surface area contributed by atoms with Gasteiger partial charge in [0.25, 0.3) is 0 Å². The Labute approximate surface area is 155 Å². The molecule has 2 aromatic rings. The van der Waals surface area contributed by atoms with Crippen LogP contribution in [0.3, 0.4) is 0 Å². The van der Waals surface area contributed by atoms with Crippen LogP contribution in [0.4, 0.5) is 4.39 Å². The summed E-state index contributed by atoms with van der Waals surface area (Å²) in [5.41, 5.74) is 5.75. The van der Waals surface area contributed by atoms with Gasteiger partial charge in [-0.25, -0.2) is 14.4 Å². The molecule has 26 heavy (non-hydrogen) atoms. The number of aliphatic imine (C=N–C) groups is 1. The fraction of sp³-hybridized carbons (Fsp3) is 0.389. The summed E-state index contributed by atoms with van der Waals surface area (Å²) in [6.45, 7) is 0.640. The molecule has 3 atom stereocenters. The second-order valence-corrected chi connectivity index (χ2v) is 7.43. The highest BCUT2D eigenvalue weighted by molar-refractivity contribution is 8.13. The van der Waals surface area contributed by atoms with Gasteiger partial charge in [0.1, 0.15) is 18.0 Å². The van der Waals surface area contributed by atoms with Crippen LogP contribution in [0.1, 0.15) is 12.0 Å². The van der Waals surface area contributed by atoms with Gasteiger partial charge in [0, 0.05) is 29.6 Å². The largest absolute Gasteiger partial charge is 0.474 e. The van der Waals surface area contributed by atoms with E-state index in [9.17, 15) is 4.39 Å². The zero-order valence-corrected chi connectivity index (χ0v) is 14.9. The number of hydrogen-bond donors (Lipinski definition) is 1. The molecule has 2 aliphatic rings. The van der Waals surface area contributed by atoms with Gasteiger partial charge in [0.15, 0.2) is 5.17 Å². The van der Waals surface area contributed by atoms with Crippen molar-refractivity contribution in [3.63, 3.8) is 0 Å². The Kier molecular flexibility index (Phi) is 4.78. The summed E-state index contributed by atoms with van der Waals surface area (Å²) in [7, 11) is 0. The van der Waals surface area contributed by atoms with Crippen molar-refractivity contribution in [3.8, 4) is 5.88 Å². The number of thioether (sulfide) groups is 1. The van der Waals surface area contributed by atoms with Gasteiger partial charge in [-0.1, -0.05) is 30.0 Å². The fourth-order valence-corrected chi connectivity index (χ4v) is 4.52. The third-order valence-electron chi connectivity index (χ3n) is 4.80. The van der Waals surface area contributed by atoms with Crippen molar-refractivity contribution in [1.29, 1.82) is 0 Å². The van der Waals surface area contributed by atoms with Crippen LogP contribution in [-0.2, 0) is 10.3 Å². The highest BCUT2D eigenvalue weighted by atomic mass is 32.2. The molecule has 4 rings (SSSR count). The third kappa shape index (κ3) is 3.26. The molecule has 1 fully saturated rings. The average molecular weight is 374 g/mol. The lowest BCUT2D eigenvalue weighted by Gasteiger charge is -2.46. The molecule has 6 nitrogen and oxygen atoms in total. The summed E-state index contributed by atoms with van der Waals surface area (Å²) in [6, 6.07) is 6.73. The summed E-state index contributed by atoms with van der Waals surface area (Å²) < 4.78 is 26.2. The molecular formula is C18H19FN4O2S. The molecule has 3 heterocycles. The number of nitrogens with zero attached hydrogens (tertiary/aromatic N) is 3. The standard InChI is InChI=1S/C18H19FN4O2S/c19-15-4-2-1-3-14(15)18-11-25-13(7-12(18)10-26-17(20)23-18)9-24-16-8-21-5-6-22-16/h1-6,8,12-13H,7,9-11H2,(H2,20,23)/t12-,13+,18-/m0/s1. The van der Waals surface area contributed by atoms with E-state index in [0.29, 0.717) is 29.6 Å². The van der Waals surface area contributed by atoms with E-state index in [4.69, 9.17) is 15.2 Å². The Hall–Kier alpha value is -2.19. The molecule has 8 heteroatoms. The lowest BCUT2D eigenvalue weighted by atomic mass is 9.75. The van der Waals surface area contributed by atoms with Crippen molar-refractivity contribution >= 4 is 16.9 Å². The lowest BCUT2D eigenvalue weighted by molar-refractivity contribution is -0.0735. The summed E-state index contributed by atoms with van der Waals surface area (Å²) >= 11 is 1.51. The Morgan fingerprint density at radius 3 is 3.04 bits per heavy atom. The number of aromatic nitrogens is 2. The number of benzene rings is 1. The SMILES string of the molecule is NC1=N[C@@]2(c3ccccc3F)CO[C@@H](COc3cnccn3)C[C@H]2CS1. The summed E-state index contributed by atoms with van der Waals surface area (Å²) in [5, 5.41) is 0.474. The van der Waals surface area contributed by atoms with Gasteiger partial charge in [-0.05, 0) is 12.5 Å². The Morgan fingerprint density at radius 1 is 1.35 bits per heavy atom. The molecule has 0 spiro atoms. The van der Waals surface area contributed by atoms with Crippen LogP contribution in [-0.4, -0.2) is 40.2 Å². The highest BCUT2D eigenvalue weighted by Crippen LogP contribution is 2.46. The molecule has 1 saturated heterocycles. The van der Waals surface area contributed by atoms with Gasteiger partial charge in [-0.15, -0.1) is 0 Å². The van der Waals surface area contributed by atoms with E-state index in [2.05, 4.69) is 15.0 Å². The van der Waals surface area contributed by atoms with Gasteiger partial charge >= 0.3 is 0 Å². The highest BCUT2D eigenvalue weighted by Gasteiger charge is 2.49. The Morgan fingerprint density at radius 2 is 2.23 bits per heavy atom. The van der Waals surface area contributed by atoms with E-state index < -0.39 is 5.54 Å².